The molecule has 0 bridgehead atoms. The lowest BCUT2D eigenvalue weighted by Gasteiger charge is -2.08. The van der Waals surface area contributed by atoms with Gasteiger partial charge in [0.1, 0.15) is 5.52 Å². The van der Waals surface area contributed by atoms with Crippen LogP contribution < -0.4 is 5.76 Å². The second-order valence-electron chi connectivity index (χ2n) is 2.81. The van der Waals surface area contributed by atoms with E-state index in [1.165, 1.54) is 3.97 Å². The van der Waals surface area contributed by atoms with Crippen LogP contribution in [-0.4, -0.2) is 7.10 Å². The zero-order valence-corrected chi connectivity index (χ0v) is 12.1. The summed E-state index contributed by atoms with van der Waals surface area (Å²) in [5, 5.41) is 0. The molecule has 16 heavy (non-hydrogen) atoms. The first-order valence-electron chi connectivity index (χ1n) is 3.94. The van der Waals surface area contributed by atoms with Gasteiger partial charge in [-0.15, -0.1) is 0 Å². The normalized spacial score (nSPS) is 12.2. The molecule has 0 N–H and O–H groups in total. The highest BCUT2D eigenvalue weighted by atomic mass is 79.9. The van der Waals surface area contributed by atoms with Gasteiger partial charge in [0.2, 0.25) is 0 Å². The van der Waals surface area contributed by atoms with Gasteiger partial charge in [0.25, 0.3) is 3.12 Å². The lowest BCUT2D eigenvalue weighted by atomic mass is 10.3. The standard InChI is InChI=1S/C8H3BrCl3NO2S/c9-4-1-2-5-6(3-4)15-7(14)13(5)16-8(10,11)12/h1-3H. The van der Waals surface area contributed by atoms with Gasteiger partial charge in [-0.25, -0.2) is 8.77 Å². The van der Waals surface area contributed by atoms with E-state index in [1.54, 1.807) is 18.2 Å². The molecule has 2 aromatic rings. The fourth-order valence-electron chi connectivity index (χ4n) is 1.16. The van der Waals surface area contributed by atoms with Crippen LogP contribution in [0.4, 0.5) is 0 Å². The molecule has 0 saturated heterocycles. The van der Waals surface area contributed by atoms with Gasteiger partial charge >= 0.3 is 5.76 Å². The van der Waals surface area contributed by atoms with Crippen LogP contribution in [0.5, 0.6) is 0 Å². The summed E-state index contributed by atoms with van der Waals surface area (Å²) in [6.45, 7) is 0. The number of halogens is 4. The number of oxazole rings is 1. The molecule has 3 nitrogen and oxygen atoms in total. The largest absolute Gasteiger partial charge is 0.430 e. The molecule has 0 spiro atoms. The highest BCUT2D eigenvalue weighted by molar-refractivity contribution is 9.10. The Morgan fingerprint density at radius 3 is 2.69 bits per heavy atom. The van der Waals surface area contributed by atoms with Crippen LogP contribution in [0.1, 0.15) is 0 Å². The van der Waals surface area contributed by atoms with Crippen molar-refractivity contribution < 1.29 is 4.42 Å². The Labute approximate surface area is 118 Å². The van der Waals surface area contributed by atoms with Crippen molar-refractivity contribution in [3.05, 3.63) is 33.2 Å². The van der Waals surface area contributed by atoms with Gasteiger partial charge in [0, 0.05) is 16.4 Å². The molecule has 0 aliphatic rings. The van der Waals surface area contributed by atoms with Gasteiger partial charge in [-0.1, -0.05) is 50.7 Å². The molecule has 0 unspecified atom stereocenters. The molecule has 0 atom stereocenters. The summed E-state index contributed by atoms with van der Waals surface area (Å²) in [5.41, 5.74) is 0.991. The highest BCUT2D eigenvalue weighted by Crippen LogP contribution is 2.40. The minimum absolute atomic E-state index is 0.432. The number of aromatic nitrogens is 1. The van der Waals surface area contributed by atoms with Crippen LogP contribution in [0.25, 0.3) is 11.1 Å². The summed E-state index contributed by atoms with van der Waals surface area (Å²) in [7, 11) is 0. The Balaban J connectivity index is 2.61. The lowest BCUT2D eigenvalue weighted by molar-refractivity contribution is 0.550. The smallest absolute Gasteiger partial charge is 0.407 e. The van der Waals surface area contributed by atoms with Crippen molar-refractivity contribution >= 4 is 73.8 Å². The maximum absolute atomic E-state index is 11.5. The summed E-state index contributed by atoms with van der Waals surface area (Å²) < 4.78 is 5.40. The molecular formula is C8H3BrCl3NO2S. The van der Waals surface area contributed by atoms with E-state index < -0.39 is 8.88 Å². The zero-order chi connectivity index (χ0) is 11.9. The third-order valence-electron chi connectivity index (χ3n) is 1.70. The Kier molecular flexibility index (Phi) is 3.52. The van der Waals surface area contributed by atoms with Gasteiger partial charge < -0.3 is 4.42 Å². The molecule has 1 aromatic heterocycles. The van der Waals surface area contributed by atoms with Crippen molar-refractivity contribution in [1.29, 1.82) is 0 Å². The number of benzene rings is 1. The summed E-state index contributed by atoms with van der Waals surface area (Å²) in [6, 6.07) is 5.15. The van der Waals surface area contributed by atoms with Crippen LogP contribution in [-0.2, 0) is 0 Å². The monoisotopic (exact) mass is 361 g/mol. The summed E-state index contributed by atoms with van der Waals surface area (Å²) in [5.74, 6) is -0.579. The number of hydrogen-bond acceptors (Lipinski definition) is 3. The molecule has 0 radical (unpaired) electrons. The minimum atomic E-state index is -1.62. The van der Waals surface area contributed by atoms with Crippen molar-refractivity contribution in [2.75, 3.05) is 0 Å². The van der Waals surface area contributed by atoms with E-state index in [4.69, 9.17) is 39.2 Å². The Morgan fingerprint density at radius 1 is 1.38 bits per heavy atom. The van der Waals surface area contributed by atoms with Gasteiger partial charge in [-0.05, 0) is 18.2 Å². The Bertz CT molecular complexity index is 589. The first kappa shape index (κ1) is 12.6. The molecule has 0 aliphatic carbocycles. The Hall–Kier alpha value is 0.190. The van der Waals surface area contributed by atoms with Crippen molar-refractivity contribution in [2.45, 2.75) is 3.12 Å². The number of rotatable bonds is 1. The van der Waals surface area contributed by atoms with Crippen LogP contribution in [0.2, 0.25) is 0 Å². The summed E-state index contributed by atoms with van der Waals surface area (Å²) in [4.78, 5) is 11.5. The maximum Gasteiger partial charge on any atom is 0.430 e. The van der Waals surface area contributed by atoms with Crippen molar-refractivity contribution in [1.82, 2.24) is 3.97 Å². The molecule has 0 fully saturated rings. The van der Waals surface area contributed by atoms with Crippen LogP contribution in [0, 0.1) is 0 Å². The van der Waals surface area contributed by atoms with E-state index in [2.05, 4.69) is 15.9 Å². The minimum Gasteiger partial charge on any atom is -0.407 e. The van der Waals surface area contributed by atoms with Crippen LogP contribution in [0.3, 0.4) is 0 Å². The van der Waals surface area contributed by atoms with E-state index in [-0.39, 0.29) is 0 Å². The fraction of sp³-hybridized carbons (Fsp3) is 0.125. The molecule has 1 heterocycles. The first-order chi connectivity index (χ1) is 7.37. The van der Waals surface area contributed by atoms with Gasteiger partial charge in [0.05, 0.1) is 0 Å². The second-order valence-corrected chi connectivity index (χ2v) is 7.84. The zero-order valence-electron chi connectivity index (χ0n) is 7.42. The van der Waals surface area contributed by atoms with E-state index in [1.807, 2.05) is 0 Å². The van der Waals surface area contributed by atoms with E-state index in [0.717, 1.165) is 16.4 Å². The predicted octanol–water partition coefficient (Wildman–Crippen LogP) is 4.18. The summed E-state index contributed by atoms with van der Waals surface area (Å²) in [6.07, 6.45) is 0. The average molecular weight is 363 g/mol. The average Bonchev–Trinajstić information content (AvgIpc) is 2.40. The molecular weight excluding hydrogens is 360 g/mol. The van der Waals surface area contributed by atoms with E-state index in [9.17, 15) is 4.79 Å². The van der Waals surface area contributed by atoms with Crippen LogP contribution in [0.15, 0.2) is 31.9 Å². The molecule has 1 aromatic carbocycles. The molecule has 0 aliphatic heterocycles. The van der Waals surface area contributed by atoms with Crippen LogP contribution >= 0.6 is 62.7 Å². The van der Waals surface area contributed by atoms with Gasteiger partial charge in [-0.3, -0.25) is 0 Å². The Morgan fingerprint density at radius 2 is 2.06 bits per heavy atom. The molecule has 0 saturated carbocycles. The number of alkyl halides is 3. The first-order valence-corrected chi connectivity index (χ1v) is 6.64. The van der Waals surface area contributed by atoms with E-state index >= 15 is 0 Å². The number of fused-ring (bicyclic) bond motifs is 1. The van der Waals surface area contributed by atoms with E-state index in [0.29, 0.717) is 11.1 Å². The molecule has 2 rings (SSSR count). The van der Waals surface area contributed by atoms with Crippen molar-refractivity contribution in [2.24, 2.45) is 0 Å². The van der Waals surface area contributed by atoms with Crippen molar-refractivity contribution in [3.63, 3.8) is 0 Å². The maximum atomic E-state index is 11.5. The molecule has 86 valence electrons. The van der Waals surface area contributed by atoms with Gasteiger partial charge in [0.15, 0.2) is 5.58 Å². The number of nitrogens with zero attached hydrogens (tertiary/aromatic N) is 1. The summed E-state index contributed by atoms with van der Waals surface area (Å²) >= 11 is 20.9. The predicted molar refractivity (Wildman–Crippen MR) is 71.5 cm³/mol. The fourth-order valence-corrected chi connectivity index (χ4v) is 2.69. The second kappa shape index (κ2) is 4.46. The lowest BCUT2D eigenvalue weighted by Crippen LogP contribution is -2.12. The third-order valence-corrected chi connectivity index (χ3v) is 3.55. The molecule has 8 heteroatoms. The molecule has 0 amide bonds. The quantitative estimate of drug-likeness (QED) is 0.713. The van der Waals surface area contributed by atoms with Gasteiger partial charge in [-0.2, -0.15) is 0 Å². The van der Waals surface area contributed by atoms with Crippen molar-refractivity contribution in [3.8, 4) is 0 Å². The third kappa shape index (κ3) is 2.71. The topological polar surface area (TPSA) is 35.1 Å². The SMILES string of the molecule is O=c1oc2cc(Br)ccc2n1SC(Cl)(Cl)Cl. The highest BCUT2D eigenvalue weighted by Gasteiger charge is 2.25. The number of hydrogen-bond donors (Lipinski definition) is 0.